The number of allylic oxidation sites excluding steroid dienone is 1. The molecule has 12 heavy (non-hydrogen) atoms. The third kappa shape index (κ3) is 4.95. The molecule has 0 bridgehead atoms. The second kappa shape index (κ2) is 5.82. The maximum Gasteiger partial charge on any atom is 0.502 e. The van der Waals surface area contributed by atoms with Gasteiger partial charge >= 0.3 is 8.93 Å². The van der Waals surface area contributed by atoms with Crippen LogP contribution in [0, 0.1) is 0 Å². The summed E-state index contributed by atoms with van der Waals surface area (Å²) in [5, 5.41) is 0. The molecule has 3 nitrogen and oxygen atoms in total. The van der Waals surface area contributed by atoms with E-state index >= 15 is 0 Å². The third-order valence-electron chi connectivity index (χ3n) is 1.49. The van der Waals surface area contributed by atoms with Crippen LogP contribution in [0.1, 0.15) is 19.8 Å². The molecule has 0 aliphatic heterocycles. The number of Topliss-reactive ketones (excluding diaryl/α,β-unsaturated/α-hetero) is 1. The van der Waals surface area contributed by atoms with Crippen molar-refractivity contribution in [1.29, 1.82) is 0 Å². The van der Waals surface area contributed by atoms with E-state index in [1.165, 1.54) is 7.11 Å². The number of carbonyl (C=O) groups is 1. The molecule has 0 unspecified atom stereocenters. The molecular weight excluding hydrogens is 172 g/mol. The van der Waals surface area contributed by atoms with Crippen molar-refractivity contribution >= 4 is 14.7 Å². The van der Waals surface area contributed by atoms with E-state index in [1.807, 2.05) is 0 Å². The third-order valence-corrected chi connectivity index (χ3v) is 2.71. The molecule has 0 aromatic carbocycles. The van der Waals surface area contributed by atoms with Gasteiger partial charge in [0, 0.05) is 12.5 Å². The molecule has 0 aromatic rings. The highest BCUT2D eigenvalue weighted by Gasteiger charge is 2.07. The standard InChI is InChI=1S/C8H14O3Si/c1-7(2)8(9)5-4-6-12(10)11-3/h1,4-6H2,2-3H3. The van der Waals surface area contributed by atoms with Crippen molar-refractivity contribution < 1.29 is 13.7 Å². The van der Waals surface area contributed by atoms with Crippen LogP contribution in [0.3, 0.4) is 0 Å². The first kappa shape index (κ1) is 11.2. The molecular formula is C8H14O3Si. The summed E-state index contributed by atoms with van der Waals surface area (Å²) in [5.74, 6) is 0.0425. The zero-order chi connectivity index (χ0) is 9.56. The minimum atomic E-state index is -1.88. The van der Waals surface area contributed by atoms with Crippen molar-refractivity contribution in [3.63, 3.8) is 0 Å². The van der Waals surface area contributed by atoms with Crippen molar-refractivity contribution in [2.24, 2.45) is 0 Å². The Hall–Kier alpha value is -0.773. The van der Waals surface area contributed by atoms with Crippen molar-refractivity contribution in [2.45, 2.75) is 25.8 Å². The number of ketones is 1. The molecule has 0 radical (unpaired) electrons. The van der Waals surface area contributed by atoms with Gasteiger partial charge in [-0.05, 0) is 18.9 Å². The van der Waals surface area contributed by atoms with E-state index in [9.17, 15) is 9.26 Å². The summed E-state index contributed by atoms with van der Waals surface area (Å²) in [5.41, 5.74) is 0.562. The zero-order valence-electron chi connectivity index (χ0n) is 7.55. The van der Waals surface area contributed by atoms with E-state index in [0.29, 0.717) is 24.5 Å². The SMILES string of the molecule is C=C(C)C(=O)CCC[Si](=O)OC. The van der Waals surface area contributed by atoms with Crippen molar-refractivity contribution in [3.8, 4) is 0 Å². The molecule has 4 heteroatoms. The highest BCUT2D eigenvalue weighted by Crippen LogP contribution is 2.03. The minimum Gasteiger partial charge on any atom is -0.527 e. The second-order valence-corrected chi connectivity index (χ2v) is 4.29. The molecule has 0 N–H and O–H groups in total. The zero-order valence-corrected chi connectivity index (χ0v) is 8.55. The van der Waals surface area contributed by atoms with Gasteiger partial charge in [-0.25, -0.2) is 0 Å². The Morgan fingerprint density at radius 1 is 1.58 bits per heavy atom. The van der Waals surface area contributed by atoms with Crippen LogP contribution < -0.4 is 0 Å². The highest BCUT2D eigenvalue weighted by atomic mass is 28.3. The molecule has 68 valence electrons. The fraction of sp³-hybridized carbons (Fsp3) is 0.625. The van der Waals surface area contributed by atoms with Crippen LogP contribution in [0.25, 0.3) is 0 Å². The summed E-state index contributed by atoms with van der Waals surface area (Å²) < 4.78 is 15.4. The topological polar surface area (TPSA) is 43.4 Å². The Balaban J connectivity index is 3.50. The van der Waals surface area contributed by atoms with Crippen molar-refractivity contribution in [2.75, 3.05) is 7.11 Å². The van der Waals surface area contributed by atoms with E-state index < -0.39 is 8.93 Å². The van der Waals surface area contributed by atoms with Gasteiger partial charge in [-0.2, -0.15) is 0 Å². The molecule has 0 aromatic heterocycles. The predicted molar refractivity (Wildman–Crippen MR) is 47.3 cm³/mol. The van der Waals surface area contributed by atoms with Gasteiger partial charge in [-0.1, -0.05) is 6.58 Å². The van der Waals surface area contributed by atoms with E-state index in [0.717, 1.165) is 0 Å². The summed E-state index contributed by atoms with van der Waals surface area (Å²) >= 11 is 0. The first-order valence-electron chi connectivity index (χ1n) is 3.83. The summed E-state index contributed by atoms with van der Waals surface area (Å²) in [4.78, 5) is 11.0. The number of rotatable bonds is 6. The van der Waals surface area contributed by atoms with Crippen LogP contribution in [0.5, 0.6) is 0 Å². The summed E-state index contributed by atoms with van der Waals surface area (Å²) in [6.07, 6.45) is 1.05. The van der Waals surface area contributed by atoms with Crippen LogP contribution in [0.4, 0.5) is 0 Å². The summed E-state index contributed by atoms with van der Waals surface area (Å²) in [7, 11) is -0.463. The smallest absolute Gasteiger partial charge is 0.502 e. The van der Waals surface area contributed by atoms with Crippen LogP contribution in [0.15, 0.2) is 12.2 Å². The van der Waals surface area contributed by atoms with E-state index in [-0.39, 0.29) is 5.78 Å². The van der Waals surface area contributed by atoms with E-state index in [1.54, 1.807) is 6.92 Å². The summed E-state index contributed by atoms with van der Waals surface area (Å²) in [6, 6.07) is 0.486. The number of hydrogen-bond acceptors (Lipinski definition) is 3. The lowest BCUT2D eigenvalue weighted by Gasteiger charge is -1.97. The molecule has 0 saturated carbocycles. The van der Waals surface area contributed by atoms with Gasteiger partial charge in [0.1, 0.15) is 0 Å². The van der Waals surface area contributed by atoms with Crippen molar-refractivity contribution in [3.05, 3.63) is 12.2 Å². The average molecular weight is 186 g/mol. The first-order valence-corrected chi connectivity index (χ1v) is 5.35. The molecule has 0 fully saturated rings. The lowest BCUT2D eigenvalue weighted by molar-refractivity contribution is -0.115. The van der Waals surface area contributed by atoms with Gasteiger partial charge in [0.2, 0.25) is 0 Å². The van der Waals surface area contributed by atoms with Gasteiger partial charge < -0.3 is 8.89 Å². The Morgan fingerprint density at radius 2 is 2.17 bits per heavy atom. The van der Waals surface area contributed by atoms with Crippen molar-refractivity contribution in [1.82, 2.24) is 0 Å². The molecule has 0 heterocycles. The second-order valence-electron chi connectivity index (χ2n) is 2.63. The lowest BCUT2D eigenvalue weighted by atomic mass is 10.1. The monoisotopic (exact) mass is 186 g/mol. The minimum absolute atomic E-state index is 0.0425. The predicted octanol–water partition coefficient (Wildman–Crippen LogP) is 1.48. The van der Waals surface area contributed by atoms with Crippen LogP contribution in [0.2, 0.25) is 6.04 Å². The Morgan fingerprint density at radius 3 is 2.58 bits per heavy atom. The average Bonchev–Trinajstić information content (AvgIpc) is 2.03. The van der Waals surface area contributed by atoms with Gasteiger partial charge in [0.05, 0.1) is 7.11 Å². The molecule has 0 aliphatic carbocycles. The maximum atomic E-state index is 11.0. The largest absolute Gasteiger partial charge is 0.527 e. The number of carbonyl (C=O) groups excluding carboxylic acids is 1. The van der Waals surface area contributed by atoms with E-state index in [2.05, 4.69) is 11.0 Å². The summed E-state index contributed by atoms with van der Waals surface area (Å²) in [6.45, 7) is 5.20. The quantitative estimate of drug-likeness (QED) is 0.466. The van der Waals surface area contributed by atoms with Gasteiger partial charge in [0.15, 0.2) is 5.78 Å². The van der Waals surface area contributed by atoms with Crippen LogP contribution >= 0.6 is 0 Å². The Kier molecular flexibility index (Phi) is 5.45. The molecule has 0 atom stereocenters. The van der Waals surface area contributed by atoms with Gasteiger partial charge in [0.25, 0.3) is 0 Å². The van der Waals surface area contributed by atoms with Crippen LogP contribution in [-0.4, -0.2) is 21.8 Å². The maximum absolute atomic E-state index is 11.0. The highest BCUT2D eigenvalue weighted by molar-refractivity contribution is 6.34. The molecule has 0 saturated heterocycles. The molecule has 0 rings (SSSR count). The molecule has 0 aliphatic rings. The normalized spacial score (nSPS) is 9.17. The molecule has 0 spiro atoms. The van der Waals surface area contributed by atoms with Gasteiger partial charge in [-0.15, -0.1) is 0 Å². The molecule has 0 amide bonds. The Labute approximate surface area is 74.2 Å². The Bertz CT molecular complexity index is 198. The fourth-order valence-corrected chi connectivity index (χ4v) is 1.38. The lowest BCUT2D eigenvalue weighted by Crippen LogP contribution is -2.04. The van der Waals surface area contributed by atoms with E-state index in [4.69, 9.17) is 0 Å². The fourth-order valence-electron chi connectivity index (χ4n) is 0.709. The first-order chi connectivity index (χ1) is 5.57. The van der Waals surface area contributed by atoms with Gasteiger partial charge in [-0.3, -0.25) is 4.79 Å². The van der Waals surface area contributed by atoms with Crippen LogP contribution in [-0.2, 0) is 13.7 Å². The number of hydrogen-bond donors (Lipinski definition) is 0.